The second kappa shape index (κ2) is 10.9. The number of hydrogen-bond acceptors (Lipinski definition) is 6. The van der Waals surface area contributed by atoms with E-state index in [-0.39, 0.29) is 16.8 Å². The smallest absolute Gasteiger partial charge is 0.296 e. The molecule has 38 heavy (non-hydrogen) atoms. The third-order valence-electron chi connectivity index (χ3n) is 6.71. The number of unbranched alkanes of at least 4 members (excludes halogenated alkanes) is 3. The number of aryl methyl sites for hydroxylation is 1. The van der Waals surface area contributed by atoms with Gasteiger partial charge in [0.05, 0.1) is 30.7 Å². The highest BCUT2D eigenvalue weighted by atomic mass is 35.5. The van der Waals surface area contributed by atoms with Gasteiger partial charge in [-0.05, 0) is 61.4 Å². The molecule has 3 heterocycles. The summed E-state index contributed by atoms with van der Waals surface area (Å²) in [6.45, 7) is 4.60. The van der Waals surface area contributed by atoms with Gasteiger partial charge in [0.2, 0.25) is 5.76 Å². The predicted octanol–water partition coefficient (Wildman–Crippen LogP) is 6.87. The SMILES string of the molecule is CCCCCCOc1ccc(C2c3c(oc4ccc(Cl)cc4c3=O)C(=O)N2c2cccc(C)n2)cc1OC. The molecule has 1 amide bonds. The zero-order valence-corrected chi connectivity index (χ0v) is 22.4. The van der Waals surface area contributed by atoms with Crippen molar-refractivity contribution in [3.8, 4) is 11.5 Å². The summed E-state index contributed by atoms with van der Waals surface area (Å²) in [6, 6.07) is 14.9. The van der Waals surface area contributed by atoms with Gasteiger partial charge in [0.15, 0.2) is 16.9 Å². The van der Waals surface area contributed by atoms with Crippen LogP contribution in [-0.2, 0) is 0 Å². The van der Waals surface area contributed by atoms with E-state index in [1.165, 1.54) is 11.3 Å². The number of pyridine rings is 1. The number of benzene rings is 2. The molecular formula is C30H29ClN2O5. The number of fused-ring (bicyclic) bond motifs is 2. The lowest BCUT2D eigenvalue weighted by atomic mass is 9.98. The van der Waals surface area contributed by atoms with Crippen molar-refractivity contribution in [1.82, 2.24) is 4.98 Å². The van der Waals surface area contributed by atoms with Gasteiger partial charge >= 0.3 is 0 Å². The number of ether oxygens (including phenoxy) is 2. The Bertz CT molecular complexity index is 1560. The average molecular weight is 533 g/mol. The third-order valence-corrected chi connectivity index (χ3v) is 6.95. The molecule has 0 fully saturated rings. The normalized spacial score (nSPS) is 14.7. The van der Waals surface area contributed by atoms with E-state index in [0.717, 1.165) is 25.0 Å². The van der Waals surface area contributed by atoms with E-state index in [1.54, 1.807) is 37.4 Å². The Hall–Kier alpha value is -3.84. The number of amides is 1. The van der Waals surface area contributed by atoms with Gasteiger partial charge in [-0.3, -0.25) is 14.5 Å². The molecule has 5 rings (SSSR count). The van der Waals surface area contributed by atoms with Gasteiger partial charge < -0.3 is 13.9 Å². The molecule has 0 bridgehead atoms. The van der Waals surface area contributed by atoms with Crippen LogP contribution in [0.15, 0.2) is 63.8 Å². The zero-order chi connectivity index (χ0) is 26.8. The first-order chi connectivity index (χ1) is 18.4. The highest BCUT2D eigenvalue weighted by molar-refractivity contribution is 6.31. The molecule has 7 nitrogen and oxygen atoms in total. The quantitative estimate of drug-likeness (QED) is 0.219. The molecule has 8 heteroatoms. The van der Waals surface area contributed by atoms with Gasteiger partial charge in [-0.1, -0.05) is 49.9 Å². The van der Waals surface area contributed by atoms with E-state index in [2.05, 4.69) is 11.9 Å². The van der Waals surface area contributed by atoms with E-state index < -0.39 is 11.9 Å². The van der Waals surface area contributed by atoms with Crippen molar-refractivity contribution >= 4 is 34.3 Å². The van der Waals surface area contributed by atoms with Crippen molar-refractivity contribution in [2.75, 3.05) is 18.6 Å². The third kappa shape index (κ3) is 4.74. The molecule has 1 unspecified atom stereocenters. The Labute approximate surface area is 226 Å². The molecule has 0 saturated heterocycles. The van der Waals surface area contributed by atoms with Crippen LogP contribution in [0.4, 0.5) is 5.82 Å². The molecule has 0 aliphatic carbocycles. The summed E-state index contributed by atoms with van der Waals surface area (Å²) in [5, 5.41) is 0.719. The van der Waals surface area contributed by atoms with E-state index in [0.29, 0.717) is 45.5 Å². The molecule has 1 aliphatic rings. The summed E-state index contributed by atoms with van der Waals surface area (Å²) in [4.78, 5) is 33.7. The number of halogens is 1. The summed E-state index contributed by atoms with van der Waals surface area (Å²) in [7, 11) is 1.57. The molecule has 2 aromatic heterocycles. The molecule has 4 aromatic rings. The Morgan fingerprint density at radius 1 is 1.03 bits per heavy atom. The maximum absolute atomic E-state index is 13.8. The fraction of sp³-hybridized carbons (Fsp3) is 0.300. The molecular weight excluding hydrogens is 504 g/mol. The van der Waals surface area contributed by atoms with Crippen molar-refractivity contribution in [1.29, 1.82) is 0 Å². The lowest BCUT2D eigenvalue weighted by Crippen LogP contribution is -2.30. The van der Waals surface area contributed by atoms with Crippen LogP contribution in [0.2, 0.25) is 5.02 Å². The minimum absolute atomic E-state index is 0.00616. The van der Waals surface area contributed by atoms with Gasteiger partial charge in [0, 0.05) is 10.7 Å². The Balaban J connectivity index is 1.63. The Kier molecular flexibility index (Phi) is 7.38. The van der Waals surface area contributed by atoms with Gasteiger partial charge in [-0.25, -0.2) is 4.98 Å². The highest BCUT2D eigenvalue weighted by Gasteiger charge is 2.44. The van der Waals surface area contributed by atoms with Crippen LogP contribution in [0.5, 0.6) is 11.5 Å². The van der Waals surface area contributed by atoms with Gasteiger partial charge in [-0.15, -0.1) is 0 Å². The minimum atomic E-state index is -0.779. The maximum Gasteiger partial charge on any atom is 0.296 e. The summed E-state index contributed by atoms with van der Waals surface area (Å²) in [5.74, 6) is 1.10. The molecule has 2 aromatic carbocycles. The molecule has 1 aliphatic heterocycles. The van der Waals surface area contributed by atoms with Crippen molar-refractivity contribution < 1.29 is 18.7 Å². The molecule has 1 atom stereocenters. The van der Waals surface area contributed by atoms with Crippen LogP contribution in [0.3, 0.4) is 0 Å². The van der Waals surface area contributed by atoms with Crippen molar-refractivity contribution in [3.63, 3.8) is 0 Å². The summed E-state index contributed by atoms with van der Waals surface area (Å²) < 4.78 is 17.7. The first kappa shape index (κ1) is 25.8. The summed E-state index contributed by atoms with van der Waals surface area (Å²) >= 11 is 6.19. The molecule has 196 valence electrons. The van der Waals surface area contributed by atoms with Gasteiger partial charge in [0.1, 0.15) is 11.4 Å². The van der Waals surface area contributed by atoms with Crippen molar-refractivity contribution in [2.24, 2.45) is 0 Å². The number of anilines is 1. The largest absolute Gasteiger partial charge is 0.493 e. The highest BCUT2D eigenvalue weighted by Crippen LogP contribution is 2.43. The summed E-state index contributed by atoms with van der Waals surface area (Å²) in [6.07, 6.45) is 4.37. The number of rotatable bonds is 9. The Morgan fingerprint density at radius 2 is 1.87 bits per heavy atom. The van der Waals surface area contributed by atoms with E-state index in [4.69, 9.17) is 25.5 Å². The molecule has 0 saturated carbocycles. The van der Waals surface area contributed by atoms with Crippen LogP contribution in [0.1, 0.15) is 66.0 Å². The van der Waals surface area contributed by atoms with Crippen molar-refractivity contribution in [2.45, 2.75) is 45.6 Å². The second-order valence-corrected chi connectivity index (χ2v) is 9.79. The van der Waals surface area contributed by atoms with Crippen molar-refractivity contribution in [3.05, 3.63) is 92.4 Å². The first-order valence-corrected chi connectivity index (χ1v) is 13.1. The summed E-state index contributed by atoms with van der Waals surface area (Å²) in [5.41, 5.74) is 1.64. The van der Waals surface area contributed by atoms with Crippen LogP contribution < -0.4 is 19.8 Å². The van der Waals surface area contributed by atoms with Crippen LogP contribution in [-0.4, -0.2) is 24.6 Å². The second-order valence-electron chi connectivity index (χ2n) is 9.35. The maximum atomic E-state index is 13.8. The number of carbonyl (C=O) groups excluding carboxylic acids is 1. The Morgan fingerprint density at radius 3 is 2.63 bits per heavy atom. The number of carbonyl (C=O) groups is 1. The fourth-order valence-corrected chi connectivity index (χ4v) is 5.02. The predicted molar refractivity (Wildman–Crippen MR) is 148 cm³/mol. The minimum Gasteiger partial charge on any atom is -0.493 e. The lowest BCUT2D eigenvalue weighted by molar-refractivity contribution is 0.0970. The van der Waals surface area contributed by atoms with Gasteiger partial charge in [-0.2, -0.15) is 0 Å². The monoisotopic (exact) mass is 532 g/mol. The number of hydrogen-bond donors (Lipinski definition) is 0. The number of aromatic nitrogens is 1. The molecule has 0 spiro atoms. The van der Waals surface area contributed by atoms with E-state index >= 15 is 0 Å². The number of nitrogens with zero attached hydrogens (tertiary/aromatic N) is 2. The van der Waals surface area contributed by atoms with Crippen LogP contribution in [0, 0.1) is 6.92 Å². The van der Waals surface area contributed by atoms with Gasteiger partial charge in [0.25, 0.3) is 5.91 Å². The zero-order valence-electron chi connectivity index (χ0n) is 21.6. The first-order valence-electron chi connectivity index (χ1n) is 12.8. The lowest BCUT2D eigenvalue weighted by Gasteiger charge is -2.25. The number of methoxy groups -OCH3 is 1. The van der Waals surface area contributed by atoms with Crippen LogP contribution in [0.25, 0.3) is 11.0 Å². The average Bonchev–Trinajstić information content (AvgIpc) is 3.21. The molecule has 0 N–H and O–H groups in total. The topological polar surface area (TPSA) is 81.9 Å². The van der Waals surface area contributed by atoms with E-state index in [1.807, 2.05) is 31.2 Å². The molecule has 0 radical (unpaired) electrons. The van der Waals surface area contributed by atoms with Crippen LogP contribution >= 0.6 is 11.6 Å². The fourth-order valence-electron chi connectivity index (χ4n) is 4.84. The van der Waals surface area contributed by atoms with E-state index in [9.17, 15) is 9.59 Å². The standard InChI is InChI=1S/C30H29ClN2O5/c1-4-5-6-7-15-37-23-13-11-19(16-24(23)36-3)27-26-28(34)21-17-20(31)12-14-22(21)38-29(26)30(35)33(27)25-10-8-9-18(2)32-25/h8-14,16-17,27H,4-7,15H2,1-3H3.